The summed E-state index contributed by atoms with van der Waals surface area (Å²) in [6.45, 7) is 9.03. The topological polar surface area (TPSA) is 64.3 Å². The normalized spacial score (nSPS) is 13.7. The molecule has 1 aromatic rings. The predicted molar refractivity (Wildman–Crippen MR) is 91.1 cm³/mol. The van der Waals surface area contributed by atoms with Crippen molar-refractivity contribution in [2.24, 2.45) is 11.7 Å². The number of nitrogens with two attached hydrogens (primary N) is 1. The molecule has 0 saturated carbocycles. The molecule has 0 bridgehead atoms. The van der Waals surface area contributed by atoms with Gasteiger partial charge in [0.25, 0.3) is 5.91 Å². The molecule has 0 saturated heterocycles. The van der Waals surface area contributed by atoms with Crippen molar-refractivity contribution in [3.8, 4) is 5.75 Å². The smallest absolute Gasteiger partial charge is 0.258 e. The van der Waals surface area contributed by atoms with Gasteiger partial charge in [0.05, 0.1) is 0 Å². The summed E-state index contributed by atoms with van der Waals surface area (Å²) in [4.78, 5) is 12.0. The Morgan fingerprint density at radius 2 is 1.95 bits per heavy atom. The van der Waals surface area contributed by atoms with Crippen LogP contribution in [0.25, 0.3) is 0 Å². The van der Waals surface area contributed by atoms with Crippen molar-refractivity contribution in [3.05, 3.63) is 29.8 Å². The number of nitrogens with one attached hydrogen (secondary N) is 1. The Kier molecular flexibility index (Phi) is 7.96. The van der Waals surface area contributed by atoms with Crippen LogP contribution >= 0.6 is 0 Å². The average molecular weight is 306 g/mol. The van der Waals surface area contributed by atoms with Gasteiger partial charge < -0.3 is 15.8 Å². The highest BCUT2D eigenvalue weighted by Gasteiger charge is 2.14. The fourth-order valence-corrected chi connectivity index (χ4v) is 2.43. The molecule has 0 fully saturated rings. The van der Waals surface area contributed by atoms with Gasteiger partial charge in [-0.1, -0.05) is 45.9 Å². The molecule has 0 aliphatic heterocycles. The van der Waals surface area contributed by atoms with E-state index in [0.717, 1.165) is 24.2 Å². The minimum atomic E-state index is -0.116. The fourth-order valence-electron chi connectivity index (χ4n) is 2.43. The summed E-state index contributed by atoms with van der Waals surface area (Å²) in [6.07, 6.45) is 1.92. The fraction of sp³-hybridized carbons (Fsp3) is 0.611. The zero-order valence-corrected chi connectivity index (χ0v) is 14.3. The van der Waals surface area contributed by atoms with Crippen LogP contribution in [0.2, 0.25) is 0 Å². The molecular weight excluding hydrogens is 276 g/mol. The largest absolute Gasteiger partial charge is 0.483 e. The molecule has 0 aliphatic carbocycles. The van der Waals surface area contributed by atoms with Gasteiger partial charge in [-0.25, -0.2) is 0 Å². The molecule has 0 aromatic heterocycles. The first kappa shape index (κ1) is 18.5. The van der Waals surface area contributed by atoms with Crippen LogP contribution in [0.3, 0.4) is 0 Å². The van der Waals surface area contributed by atoms with E-state index in [0.29, 0.717) is 18.4 Å². The van der Waals surface area contributed by atoms with E-state index in [1.807, 2.05) is 18.2 Å². The van der Waals surface area contributed by atoms with Gasteiger partial charge in [0, 0.05) is 12.6 Å². The van der Waals surface area contributed by atoms with Crippen LogP contribution in [0.1, 0.15) is 52.0 Å². The molecule has 4 heteroatoms. The minimum Gasteiger partial charge on any atom is -0.483 e. The zero-order chi connectivity index (χ0) is 16.5. The van der Waals surface area contributed by atoms with E-state index in [9.17, 15) is 4.79 Å². The molecule has 0 aliphatic rings. The third-order valence-electron chi connectivity index (χ3n) is 3.83. The molecule has 3 N–H and O–H groups in total. The van der Waals surface area contributed by atoms with E-state index in [4.69, 9.17) is 10.5 Å². The predicted octanol–water partition coefficient (Wildman–Crippen LogP) is 3.07. The van der Waals surface area contributed by atoms with Crippen molar-refractivity contribution < 1.29 is 9.53 Å². The van der Waals surface area contributed by atoms with Gasteiger partial charge in [-0.05, 0) is 36.3 Å². The molecule has 1 amide bonds. The van der Waals surface area contributed by atoms with Crippen molar-refractivity contribution in [1.82, 2.24) is 5.32 Å². The Morgan fingerprint density at radius 1 is 1.27 bits per heavy atom. The van der Waals surface area contributed by atoms with Gasteiger partial charge in [-0.2, -0.15) is 0 Å². The van der Waals surface area contributed by atoms with Gasteiger partial charge in [0.15, 0.2) is 6.61 Å². The second-order valence-electron chi connectivity index (χ2n) is 6.27. The Bertz CT molecular complexity index is 460. The molecule has 22 heavy (non-hydrogen) atoms. The maximum Gasteiger partial charge on any atom is 0.258 e. The van der Waals surface area contributed by atoms with Crippen LogP contribution in [-0.4, -0.2) is 25.1 Å². The quantitative estimate of drug-likeness (QED) is 0.737. The maximum absolute atomic E-state index is 12.0. The van der Waals surface area contributed by atoms with Crippen molar-refractivity contribution in [3.63, 3.8) is 0 Å². The molecule has 1 rings (SSSR count). The van der Waals surface area contributed by atoms with Crippen LogP contribution in [-0.2, 0) is 4.79 Å². The highest BCUT2D eigenvalue weighted by molar-refractivity contribution is 5.77. The molecule has 124 valence electrons. The first-order valence-electron chi connectivity index (χ1n) is 8.19. The number of carbonyl (C=O) groups excluding carboxylic acids is 1. The molecule has 1 aromatic carbocycles. The van der Waals surface area contributed by atoms with Gasteiger partial charge in [0.2, 0.25) is 0 Å². The lowest BCUT2D eigenvalue weighted by molar-refractivity contribution is -0.123. The number of amides is 1. The lowest BCUT2D eigenvalue weighted by Gasteiger charge is -2.20. The van der Waals surface area contributed by atoms with E-state index < -0.39 is 0 Å². The number of rotatable bonds is 9. The number of ether oxygens (including phenoxy) is 1. The van der Waals surface area contributed by atoms with E-state index in [1.165, 1.54) is 0 Å². The van der Waals surface area contributed by atoms with Crippen molar-refractivity contribution in [2.45, 2.75) is 52.5 Å². The molecule has 2 unspecified atom stereocenters. The summed E-state index contributed by atoms with van der Waals surface area (Å²) in [5.74, 6) is 1.59. The highest BCUT2D eigenvalue weighted by Crippen LogP contribution is 2.28. The summed E-state index contributed by atoms with van der Waals surface area (Å²) in [5, 5.41) is 2.94. The molecular formula is C18H30N2O2. The SMILES string of the molecule is CCC(C)c1ccccc1OCC(=O)NC(CN)CC(C)C. The molecule has 4 nitrogen and oxygen atoms in total. The maximum atomic E-state index is 12.0. The lowest BCUT2D eigenvalue weighted by Crippen LogP contribution is -2.43. The molecule has 0 heterocycles. The van der Waals surface area contributed by atoms with Gasteiger partial charge >= 0.3 is 0 Å². The zero-order valence-electron chi connectivity index (χ0n) is 14.3. The lowest BCUT2D eigenvalue weighted by atomic mass is 9.98. The van der Waals surface area contributed by atoms with E-state index in [-0.39, 0.29) is 18.6 Å². The van der Waals surface area contributed by atoms with E-state index in [1.54, 1.807) is 0 Å². The number of hydrogen-bond donors (Lipinski definition) is 2. The van der Waals surface area contributed by atoms with Crippen LogP contribution in [0.4, 0.5) is 0 Å². The highest BCUT2D eigenvalue weighted by atomic mass is 16.5. The summed E-state index contributed by atoms with van der Waals surface area (Å²) in [5.41, 5.74) is 6.85. The van der Waals surface area contributed by atoms with Crippen molar-refractivity contribution in [2.75, 3.05) is 13.2 Å². The van der Waals surface area contributed by atoms with Gasteiger partial charge in [-0.15, -0.1) is 0 Å². The van der Waals surface area contributed by atoms with Crippen LogP contribution in [0.15, 0.2) is 24.3 Å². The number of benzene rings is 1. The number of hydrogen-bond acceptors (Lipinski definition) is 3. The summed E-state index contributed by atoms with van der Waals surface area (Å²) in [6, 6.07) is 7.93. The molecule has 2 atom stereocenters. The average Bonchev–Trinajstić information content (AvgIpc) is 2.51. The molecule has 0 spiro atoms. The Hall–Kier alpha value is -1.55. The first-order valence-corrected chi connectivity index (χ1v) is 8.19. The second kappa shape index (κ2) is 9.46. The van der Waals surface area contributed by atoms with Gasteiger partial charge in [0.1, 0.15) is 5.75 Å². The Balaban J connectivity index is 2.57. The summed E-state index contributed by atoms with van der Waals surface area (Å²) in [7, 11) is 0. The molecule has 0 radical (unpaired) electrons. The number of para-hydroxylation sites is 1. The van der Waals surface area contributed by atoms with Crippen molar-refractivity contribution in [1.29, 1.82) is 0 Å². The number of carbonyl (C=O) groups is 1. The van der Waals surface area contributed by atoms with Crippen LogP contribution in [0, 0.1) is 5.92 Å². The first-order chi connectivity index (χ1) is 10.5. The standard InChI is InChI=1S/C18H30N2O2/c1-5-14(4)16-8-6-7-9-17(16)22-12-18(21)20-15(11-19)10-13(2)3/h6-9,13-15H,5,10-12,19H2,1-4H3,(H,20,21). The minimum absolute atomic E-state index is 0.0147. The third kappa shape index (κ3) is 6.06. The van der Waals surface area contributed by atoms with E-state index in [2.05, 4.69) is 39.1 Å². The van der Waals surface area contributed by atoms with Crippen LogP contribution < -0.4 is 15.8 Å². The Labute approximate surface area is 134 Å². The van der Waals surface area contributed by atoms with Crippen molar-refractivity contribution >= 4 is 5.91 Å². The summed E-state index contributed by atoms with van der Waals surface area (Å²) < 4.78 is 5.72. The van der Waals surface area contributed by atoms with Gasteiger partial charge in [-0.3, -0.25) is 4.79 Å². The Morgan fingerprint density at radius 3 is 2.55 bits per heavy atom. The summed E-state index contributed by atoms with van der Waals surface area (Å²) >= 11 is 0. The third-order valence-corrected chi connectivity index (χ3v) is 3.83. The second-order valence-corrected chi connectivity index (χ2v) is 6.27. The monoisotopic (exact) mass is 306 g/mol. The van der Waals surface area contributed by atoms with E-state index >= 15 is 0 Å². The van der Waals surface area contributed by atoms with Crippen LogP contribution in [0.5, 0.6) is 5.75 Å².